The summed E-state index contributed by atoms with van der Waals surface area (Å²) >= 11 is 0. The summed E-state index contributed by atoms with van der Waals surface area (Å²) in [6.07, 6.45) is 9.17. The van der Waals surface area contributed by atoms with Gasteiger partial charge in [0.1, 0.15) is 17.6 Å². The predicted molar refractivity (Wildman–Crippen MR) is 117 cm³/mol. The molecule has 4 rings (SSSR count). The SMILES string of the molecule is CN=C(NCc1cc2c(cc1OC)CC(C)O2)NC1CCN(C2CCCC2)CC1. The molecule has 1 aliphatic carbocycles. The summed E-state index contributed by atoms with van der Waals surface area (Å²) in [7, 11) is 3.57. The third-order valence-corrected chi connectivity index (χ3v) is 6.68. The van der Waals surface area contributed by atoms with Crippen LogP contribution in [0.1, 0.15) is 56.6 Å². The first-order chi connectivity index (χ1) is 14.2. The van der Waals surface area contributed by atoms with Crippen LogP contribution < -0.4 is 20.1 Å². The molecular weight excluding hydrogens is 364 g/mol. The van der Waals surface area contributed by atoms with Crippen molar-refractivity contribution < 1.29 is 9.47 Å². The van der Waals surface area contributed by atoms with Crippen LogP contribution in [0.4, 0.5) is 0 Å². The van der Waals surface area contributed by atoms with E-state index in [1.54, 1.807) is 7.11 Å². The Morgan fingerprint density at radius 2 is 1.97 bits per heavy atom. The van der Waals surface area contributed by atoms with Gasteiger partial charge in [-0.25, -0.2) is 0 Å². The number of fused-ring (bicyclic) bond motifs is 1. The molecule has 1 aromatic carbocycles. The molecule has 29 heavy (non-hydrogen) atoms. The number of piperidine rings is 1. The molecule has 1 atom stereocenters. The minimum Gasteiger partial charge on any atom is -0.496 e. The molecular formula is C23H36N4O2. The van der Waals surface area contributed by atoms with Gasteiger partial charge in [0.2, 0.25) is 0 Å². The van der Waals surface area contributed by atoms with Crippen molar-refractivity contribution in [1.82, 2.24) is 15.5 Å². The Balaban J connectivity index is 1.30. The van der Waals surface area contributed by atoms with Crippen molar-refractivity contribution >= 4 is 5.96 Å². The Morgan fingerprint density at radius 3 is 2.66 bits per heavy atom. The van der Waals surface area contributed by atoms with Crippen molar-refractivity contribution in [2.24, 2.45) is 4.99 Å². The van der Waals surface area contributed by atoms with Gasteiger partial charge in [0, 0.05) is 56.3 Å². The topological polar surface area (TPSA) is 58.1 Å². The molecule has 6 nitrogen and oxygen atoms in total. The average molecular weight is 401 g/mol. The van der Waals surface area contributed by atoms with Crippen LogP contribution in [0.15, 0.2) is 17.1 Å². The Kier molecular flexibility index (Phi) is 6.48. The fourth-order valence-electron chi connectivity index (χ4n) is 5.05. The molecule has 160 valence electrons. The number of methoxy groups -OCH3 is 1. The molecule has 2 N–H and O–H groups in total. The van der Waals surface area contributed by atoms with Crippen molar-refractivity contribution in [2.45, 2.75) is 76.6 Å². The van der Waals surface area contributed by atoms with E-state index in [4.69, 9.17) is 9.47 Å². The summed E-state index contributed by atoms with van der Waals surface area (Å²) in [6, 6.07) is 5.55. The van der Waals surface area contributed by atoms with Gasteiger partial charge in [-0.1, -0.05) is 12.8 Å². The normalized spacial score (nSPS) is 23.7. The lowest BCUT2D eigenvalue weighted by molar-refractivity contribution is 0.150. The fraction of sp³-hybridized carbons (Fsp3) is 0.696. The zero-order valence-corrected chi connectivity index (χ0v) is 18.2. The van der Waals surface area contributed by atoms with Crippen LogP contribution in [0.5, 0.6) is 11.5 Å². The molecule has 6 heteroatoms. The molecule has 2 heterocycles. The number of guanidine groups is 1. The van der Waals surface area contributed by atoms with Gasteiger partial charge in [-0.15, -0.1) is 0 Å². The summed E-state index contributed by atoms with van der Waals surface area (Å²) in [4.78, 5) is 7.15. The van der Waals surface area contributed by atoms with E-state index in [0.29, 0.717) is 12.6 Å². The first kappa shape index (κ1) is 20.3. The van der Waals surface area contributed by atoms with Crippen LogP contribution in [-0.4, -0.2) is 56.3 Å². The van der Waals surface area contributed by atoms with E-state index in [1.807, 2.05) is 7.05 Å². The first-order valence-corrected chi connectivity index (χ1v) is 11.2. The van der Waals surface area contributed by atoms with Crippen LogP contribution in [0.3, 0.4) is 0 Å². The van der Waals surface area contributed by atoms with Gasteiger partial charge >= 0.3 is 0 Å². The van der Waals surface area contributed by atoms with Crippen LogP contribution in [0, 0.1) is 0 Å². The number of rotatable bonds is 5. The van der Waals surface area contributed by atoms with E-state index in [2.05, 4.69) is 39.6 Å². The largest absolute Gasteiger partial charge is 0.496 e. The lowest BCUT2D eigenvalue weighted by Gasteiger charge is -2.36. The molecule has 3 aliphatic rings. The third-order valence-electron chi connectivity index (χ3n) is 6.68. The van der Waals surface area contributed by atoms with E-state index < -0.39 is 0 Å². The van der Waals surface area contributed by atoms with Gasteiger partial charge < -0.3 is 25.0 Å². The number of nitrogens with zero attached hydrogens (tertiary/aromatic N) is 2. The minimum atomic E-state index is 0.238. The van der Waals surface area contributed by atoms with E-state index in [0.717, 1.165) is 35.5 Å². The monoisotopic (exact) mass is 400 g/mol. The van der Waals surface area contributed by atoms with E-state index in [9.17, 15) is 0 Å². The number of ether oxygens (including phenoxy) is 2. The second-order valence-corrected chi connectivity index (χ2v) is 8.72. The van der Waals surface area contributed by atoms with Crippen LogP contribution in [-0.2, 0) is 13.0 Å². The molecule has 0 aromatic heterocycles. The van der Waals surface area contributed by atoms with Crippen LogP contribution in [0.2, 0.25) is 0 Å². The molecule has 0 radical (unpaired) electrons. The highest BCUT2D eigenvalue weighted by Gasteiger charge is 2.27. The highest BCUT2D eigenvalue weighted by atomic mass is 16.5. The van der Waals surface area contributed by atoms with Crippen molar-refractivity contribution in [3.8, 4) is 11.5 Å². The van der Waals surface area contributed by atoms with Crippen molar-refractivity contribution in [1.29, 1.82) is 0 Å². The molecule has 1 saturated carbocycles. The number of hydrogen-bond donors (Lipinski definition) is 2. The molecule has 2 aliphatic heterocycles. The van der Waals surface area contributed by atoms with Gasteiger partial charge in [0.05, 0.1) is 7.11 Å². The van der Waals surface area contributed by atoms with Crippen LogP contribution >= 0.6 is 0 Å². The van der Waals surface area contributed by atoms with Crippen molar-refractivity contribution in [2.75, 3.05) is 27.2 Å². The van der Waals surface area contributed by atoms with Gasteiger partial charge in [-0.3, -0.25) is 4.99 Å². The Hall–Kier alpha value is -1.95. The number of likely N-dealkylation sites (tertiary alicyclic amines) is 1. The first-order valence-electron chi connectivity index (χ1n) is 11.2. The molecule has 1 aromatic rings. The number of hydrogen-bond acceptors (Lipinski definition) is 4. The third kappa shape index (κ3) is 4.80. The highest BCUT2D eigenvalue weighted by Crippen LogP contribution is 2.35. The smallest absolute Gasteiger partial charge is 0.191 e. The fourth-order valence-corrected chi connectivity index (χ4v) is 5.05. The second kappa shape index (κ2) is 9.24. The molecule has 1 unspecified atom stereocenters. The predicted octanol–water partition coefficient (Wildman–Crippen LogP) is 3.09. The zero-order chi connectivity index (χ0) is 20.2. The molecule has 0 amide bonds. The summed E-state index contributed by atoms with van der Waals surface area (Å²) in [6.45, 7) is 5.17. The zero-order valence-electron chi connectivity index (χ0n) is 18.2. The summed E-state index contributed by atoms with van der Waals surface area (Å²) in [5, 5.41) is 7.09. The molecule has 1 saturated heterocycles. The lowest BCUT2D eigenvalue weighted by atomic mass is 10.0. The van der Waals surface area contributed by atoms with E-state index in [1.165, 1.54) is 57.2 Å². The summed E-state index contributed by atoms with van der Waals surface area (Å²) in [5.74, 6) is 2.76. The van der Waals surface area contributed by atoms with Crippen LogP contribution in [0.25, 0.3) is 0 Å². The maximum absolute atomic E-state index is 5.92. The van der Waals surface area contributed by atoms with E-state index in [-0.39, 0.29) is 6.10 Å². The Morgan fingerprint density at radius 1 is 1.21 bits per heavy atom. The Labute approximate surface area is 175 Å². The number of benzene rings is 1. The van der Waals surface area contributed by atoms with Gasteiger partial charge in [0.15, 0.2) is 5.96 Å². The quantitative estimate of drug-likeness (QED) is 0.588. The highest BCUT2D eigenvalue weighted by molar-refractivity contribution is 5.80. The van der Waals surface area contributed by atoms with Crippen molar-refractivity contribution in [3.05, 3.63) is 23.3 Å². The van der Waals surface area contributed by atoms with Gasteiger partial charge in [0.25, 0.3) is 0 Å². The van der Waals surface area contributed by atoms with Crippen molar-refractivity contribution in [3.63, 3.8) is 0 Å². The number of aliphatic imine (C=N–C) groups is 1. The molecule has 2 fully saturated rings. The number of nitrogens with one attached hydrogen (secondary N) is 2. The summed E-state index contributed by atoms with van der Waals surface area (Å²) in [5.41, 5.74) is 2.33. The average Bonchev–Trinajstić information content (AvgIpc) is 3.39. The second-order valence-electron chi connectivity index (χ2n) is 8.72. The van der Waals surface area contributed by atoms with E-state index >= 15 is 0 Å². The maximum atomic E-state index is 5.92. The minimum absolute atomic E-state index is 0.238. The van der Waals surface area contributed by atoms with Gasteiger partial charge in [-0.2, -0.15) is 0 Å². The van der Waals surface area contributed by atoms with Gasteiger partial charge in [-0.05, 0) is 44.7 Å². The molecule has 0 bridgehead atoms. The molecule has 0 spiro atoms. The Bertz CT molecular complexity index is 722. The maximum Gasteiger partial charge on any atom is 0.191 e. The standard InChI is InChI=1S/C23H36N4O2/c1-16-12-17-13-21(28-3)18(14-22(17)29-16)15-25-23(24-2)26-19-8-10-27(11-9-19)20-6-4-5-7-20/h13-14,16,19-20H,4-12,15H2,1-3H3,(H2,24,25,26). The summed E-state index contributed by atoms with van der Waals surface area (Å²) < 4.78 is 11.5. The lowest BCUT2D eigenvalue weighted by Crippen LogP contribution is -2.50.